The number of carbonyl (C=O) groups excluding carboxylic acids is 1. The second-order valence-electron chi connectivity index (χ2n) is 5.05. The van der Waals surface area contributed by atoms with Gasteiger partial charge in [-0.2, -0.15) is 0 Å². The van der Waals surface area contributed by atoms with E-state index in [1.54, 1.807) is 24.3 Å². The lowest BCUT2D eigenvalue weighted by atomic mass is 9.90. The van der Waals surface area contributed by atoms with Gasteiger partial charge in [0, 0.05) is 16.1 Å². The number of hydrogen-bond acceptors (Lipinski definition) is 2. The molecule has 100 valence electrons. The second kappa shape index (κ2) is 6.30. The number of nitrogens with one attached hydrogen (secondary N) is 1. The van der Waals surface area contributed by atoms with Crippen LogP contribution in [0.5, 0.6) is 0 Å². The number of alkyl halides is 1. The Balaban J connectivity index is 2.61. The highest BCUT2D eigenvalue weighted by atomic mass is 35.5. The van der Waals surface area contributed by atoms with Gasteiger partial charge < -0.3 is 4.74 Å². The summed E-state index contributed by atoms with van der Waals surface area (Å²) in [5.41, 5.74) is 0.391. The molecular weight excluding hydrogens is 273 g/mol. The first-order valence-corrected chi connectivity index (χ1v) is 6.53. The van der Waals surface area contributed by atoms with E-state index in [0.717, 1.165) is 0 Å². The van der Waals surface area contributed by atoms with Gasteiger partial charge in [0.25, 0.3) is 0 Å². The molecular formula is C13H17Cl2NO2. The quantitative estimate of drug-likeness (QED) is 0.830. The highest BCUT2D eigenvalue weighted by molar-refractivity contribution is 6.30. The van der Waals surface area contributed by atoms with Crippen molar-refractivity contribution in [3.8, 4) is 0 Å². The van der Waals surface area contributed by atoms with Crippen molar-refractivity contribution in [2.75, 3.05) is 11.2 Å². The van der Waals surface area contributed by atoms with Gasteiger partial charge in [0.05, 0.1) is 5.88 Å². The van der Waals surface area contributed by atoms with Crippen LogP contribution < -0.4 is 5.32 Å². The van der Waals surface area contributed by atoms with E-state index in [1.165, 1.54) is 0 Å². The van der Waals surface area contributed by atoms with Crippen LogP contribution in [0.1, 0.15) is 20.8 Å². The fourth-order valence-corrected chi connectivity index (χ4v) is 2.00. The van der Waals surface area contributed by atoms with Crippen LogP contribution in [0.3, 0.4) is 0 Å². The van der Waals surface area contributed by atoms with Gasteiger partial charge in [-0.25, -0.2) is 4.79 Å². The molecule has 5 heteroatoms. The van der Waals surface area contributed by atoms with E-state index in [9.17, 15) is 4.79 Å². The highest BCUT2D eigenvalue weighted by Gasteiger charge is 2.27. The van der Waals surface area contributed by atoms with Gasteiger partial charge in [-0.05, 0) is 18.2 Å². The fourth-order valence-electron chi connectivity index (χ4n) is 1.28. The molecule has 0 radical (unpaired) electrons. The minimum Gasteiger partial charge on any atom is -0.444 e. The lowest BCUT2D eigenvalue weighted by Crippen LogP contribution is -2.34. The molecule has 1 atom stereocenters. The van der Waals surface area contributed by atoms with E-state index < -0.39 is 6.09 Å². The molecule has 1 amide bonds. The van der Waals surface area contributed by atoms with Gasteiger partial charge >= 0.3 is 6.09 Å². The first kappa shape index (κ1) is 15.1. The molecule has 0 aromatic heterocycles. The lowest BCUT2D eigenvalue weighted by molar-refractivity contribution is 0.0550. The molecule has 0 aliphatic heterocycles. The maximum Gasteiger partial charge on any atom is 0.411 e. The Hall–Kier alpha value is -0.930. The number of benzene rings is 1. The van der Waals surface area contributed by atoms with Crippen molar-refractivity contribution in [3.05, 3.63) is 29.3 Å². The van der Waals surface area contributed by atoms with E-state index in [0.29, 0.717) is 10.7 Å². The zero-order chi connectivity index (χ0) is 13.8. The Morgan fingerprint density at radius 3 is 2.61 bits per heavy atom. The van der Waals surface area contributed by atoms with Crippen LogP contribution in [-0.4, -0.2) is 18.1 Å². The van der Waals surface area contributed by atoms with E-state index >= 15 is 0 Å². The van der Waals surface area contributed by atoms with E-state index in [4.69, 9.17) is 27.9 Å². The summed E-state index contributed by atoms with van der Waals surface area (Å²) >= 11 is 11.6. The number of amides is 1. The monoisotopic (exact) mass is 289 g/mol. The van der Waals surface area contributed by atoms with Gasteiger partial charge in [0.15, 0.2) is 0 Å². The van der Waals surface area contributed by atoms with Crippen LogP contribution in [0.25, 0.3) is 0 Å². The third-order valence-corrected chi connectivity index (χ3v) is 2.94. The number of halogens is 2. The minimum atomic E-state index is -0.530. The average molecular weight is 290 g/mol. The predicted octanol–water partition coefficient (Wildman–Crippen LogP) is 4.54. The van der Waals surface area contributed by atoms with Crippen molar-refractivity contribution in [3.63, 3.8) is 0 Å². The van der Waals surface area contributed by atoms with Crippen molar-refractivity contribution in [2.24, 2.45) is 5.41 Å². The van der Waals surface area contributed by atoms with E-state index in [1.807, 2.05) is 20.8 Å². The summed E-state index contributed by atoms with van der Waals surface area (Å²) in [4.78, 5) is 11.7. The molecule has 0 spiro atoms. The number of ether oxygens (including phenoxy) is 1. The van der Waals surface area contributed by atoms with Gasteiger partial charge in [-0.1, -0.05) is 38.4 Å². The molecule has 0 heterocycles. The van der Waals surface area contributed by atoms with E-state index in [2.05, 4.69) is 5.32 Å². The van der Waals surface area contributed by atoms with Crippen LogP contribution in [0.15, 0.2) is 24.3 Å². The van der Waals surface area contributed by atoms with Crippen LogP contribution in [0.4, 0.5) is 10.5 Å². The molecule has 1 aromatic rings. The molecule has 3 nitrogen and oxygen atoms in total. The molecule has 0 fully saturated rings. The summed E-state index contributed by atoms with van der Waals surface area (Å²) in [5.74, 6) is 0.256. The zero-order valence-corrected chi connectivity index (χ0v) is 12.2. The SMILES string of the molecule is CC(C)(C)C(CCl)OC(=O)Nc1cccc(Cl)c1. The number of carbonyl (C=O) groups is 1. The second-order valence-corrected chi connectivity index (χ2v) is 5.79. The van der Waals surface area contributed by atoms with Crippen molar-refractivity contribution < 1.29 is 9.53 Å². The first-order valence-electron chi connectivity index (χ1n) is 5.62. The molecule has 0 aliphatic carbocycles. The molecule has 0 saturated heterocycles. The predicted molar refractivity (Wildman–Crippen MR) is 75.5 cm³/mol. The Labute approximate surface area is 117 Å². The maximum absolute atomic E-state index is 11.7. The standard InChI is InChI=1S/C13H17Cl2NO2/c1-13(2,3)11(8-14)18-12(17)16-10-6-4-5-9(15)7-10/h4-7,11H,8H2,1-3H3,(H,16,17). The Morgan fingerprint density at radius 2 is 2.11 bits per heavy atom. The highest BCUT2D eigenvalue weighted by Crippen LogP contribution is 2.24. The van der Waals surface area contributed by atoms with Gasteiger partial charge in [0.2, 0.25) is 0 Å². The molecule has 0 aliphatic rings. The first-order chi connectivity index (χ1) is 8.32. The van der Waals surface area contributed by atoms with Crippen LogP contribution in [0, 0.1) is 5.41 Å². The topological polar surface area (TPSA) is 38.3 Å². The third kappa shape index (κ3) is 4.75. The summed E-state index contributed by atoms with van der Waals surface area (Å²) in [6.45, 7) is 5.89. The smallest absolute Gasteiger partial charge is 0.411 e. The average Bonchev–Trinajstić information content (AvgIpc) is 2.24. The Kier molecular flexibility index (Phi) is 5.29. The molecule has 18 heavy (non-hydrogen) atoms. The van der Waals surface area contributed by atoms with Gasteiger partial charge in [0.1, 0.15) is 6.10 Å². The Bertz CT molecular complexity index is 416. The van der Waals surface area contributed by atoms with E-state index in [-0.39, 0.29) is 17.4 Å². The molecule has 1 unspecified atom stereocenters. The summed E-state index contributed by atoms with van der Waals surface area (Å²) in [6, 6.07) is 6.87. The molecule has 1 rings (SSSR count). The van der Waals surface area contributed by atoms with Crippen molar-refractivity contribution in [1.82, 2.24) is 0 Å². The number of anilines is 1. The lowest BCUT2D eigenvalue weighted by Gasteiger charge is -2.28. The number of rotatable bonds is 3. The Morgan fingerprint density at radius 1 is 1.44 bits per heavy atom. The van der Waals surface area contributed by atoms with Gasteiger partial charge in [-0.15, -0.1) is 11.6 Å². The molecule has 1 N–H and O–H groups in total. The molecule has 0 bridgehead atoms. The molecule has 1 aromatic carbocycles. The number of hydrogen-bond donors (Lipinski definition) is 1. The van der Waals surface area contributed by atoms with Gasteiger partial charge in [-0.3, -0.25) is 5.32 Å². The van der Waals surface area contributed by atoms with Crippen molar-refractivity contribution in [1.29, 1.82) is 0 Å². The normalized spacial score (nSPS) is 12.9. The van der Waals surface area contributed by atoms with Crippen LogP contribution in [0.2, 0.25) is 5.02 Å². The molecule has 0 saturated carbocycles. The van der Waals surface area contributed by atoms with Crippen LogP contribution >= 0.6 is 23.2 Å². The fraction of sp³-hybridized carbons (Fsp3) is 0.462. The minimum absolute atomic E-state index is 0.201. The summed E-state index contributed by atoms with van der Waals surface area (Å²) in [6.07, 6.45) is -0.879. The summed E-state index contributed by atoms with van der Waals surface area (Å²) in [7, 11) is 0. The third-order valence-electron chi connectivity index (χ3n) is 2.43. The summed E-state index contributed by atoms with van der Waals surface area (Å²) in [5, 5.41) is 3.17. The zero-order valence-electron chi connectivity index (χ0n) is 10.7. The maximum atomic E-state index is 11.7. The van der Waals surface area contributed by atoms with Crippen molar-refractivity contribution in [2.45, 2.75) is 26.9 Å². The van der Waals surface area contributed by atoms with Crippen LogP contribution in [-0.2, 0) is 4.74 Å². The largest absolute Gasteiger partial charge is 0.444 e. The van der Waals surface area contributed by atoms with Crippen molar-refractivity contribution >= 4 is 35.0 Å². The summed E-state index contributed by atoms with van der Waals surface area (Å²) < 4.78 is 5.28.